The molecule has 0 aliphatic heterocycles. The van der Waals surface area contributed by atoms with Gasteiger partial charge in [-0.1, -0.05) is 11.6 Å². The van der Waals surface area contributed by atoms with E-state index in [4.69, 9.17) is 22.2 Å². The molecule has 3 nitrogen and oxygen atoms in total. The van der Waals surface area contributed by atoms with Gasteiger partial charge in [-0.05, 0) is 34.0 Å². The number of benzene rings is 1. The van der Waals surface area contributed by atoms with Crippen molar-refractivity contribution in [1.29, 1.82) is 0 Å². The highest BCUT2D eigenvalue weighted by Gasteiger charge is 2.06. The van der Waals surface area contributed by atoms with Crippen molar-refractivity contribution in [2.75, 3.05) is 13.7 Å². The SMILES string of the molecule is COc1cc(Cl)c(CCON)cc1Br. The van der Waals surface area contributed by atoms with E-state index >= 15 is 0 Å². The molecule has 0 aliphatic rings. The second-order valence-electron chi connectivity index (χ2n) is 2.70. The third-order valence-corrected chi connectivity index (χ3v) is 2.78. The molecule has 0 fully saturated rings. The van der Waals surface area contributed by atoms with Gasteiger partial charge >= 0.3 is 0 Å². The molecule has 1 aromatic rings. The van der Waals surface area contributed by atoms with E-state index in [-0.39, 0.29) is 0 Å². The van der Waals surface area contributed by atoms with Crippen LogP contribution in [0.1, 0.15) is 5.56 Å². The molecule has 1 aromatic carbocycles. The summed E-state index contributed by atoms with van der Waals surface area (Å²) >= 11 is 9.40. The molecule has 0 atom stereocenters. The van der Waals surface area contributed by atoms with Crippen molar-refractivity contribution in [2.24, 2.45) is 5.90 Å². The first-order chi connectivity index (χ1) is 6.69. The molecule has 2 N–H and O–H groups in total. The van der Waals surface area contributed by atoms with Gasteiger partial charge in [-0.15, -0.1) is 0 Å². The van der Waals surface area contributed by atoms with Crippen molar-refractivity contribution in [1.82, 2.24) is 0 Å². The van der Waals surface area contributed by atoms with Gasteiger partial charge in [0.2, 0.25) is 0 Å². The zero-order chi connectivity index (χ0) is 10.6. The van der Waals surface area contributed by atoms with E-state index < -0.39 is 0 Å². The van der Waals surface area contributed by atoms with Crippen molar-refractivity contribution in [3.05, 3.63) is 27.2 Å². The minimum Gasteiger partial charge on any atom is -0.496 e. The molecule has 0 aromatic heterocycles. The predicted molar refractivity (Wildman–Crippen MR) is 59.5 cm³/mol. The van der Waals surface area contributed by atoms with Crippen molar-refractivity contribution < 1.29 is 9.57 Å². The highest BCUT2D eigenvalue weighted by Crippen LogP contribution is 2.31. The van der Waals surface area contributed by atoms with E-state index in [0.717, 1.165) is 10.0 Å². The lowest BCUT2D eigenvalue weighted by molar-refractivity contribution is 0.141. The fourth-order valence-electron chi connectivity index (χ4n) is 1.09. The van der Waals surface area contributed by atoms with Gasteiger partial charge in [0.05, 0.1) is 18.2 Å². The van der Waals surface area contributed by atoms with Crippen LogP contribution in [0.5, 0.6) is 5.75 Å². The summed E-state index contributed by atoms with van der Waals surface area (Å²) < 4.78 is 5.97. The molecule has 14 heavy (non-hydrogen) atoms. The third-order valence-electron chi connectivity index (χ3n) is 1.81. The maximum atomic E-state index is 6.02. The Morgan fingerprint density at radius 2 is 2.21 bits per heavy atom. The topological polar surface area (TPSA) is 44.5 Å². The molecule has 0 amide bonds. The van der Waals surface area contributed by atoms with Crippen LogP contribution >= 0.6 is 27.5 Å². The molecule has 0 heterocycles. The van der Waals surface area contributed by atoms with Gasteiger partial charge in [0.15, 0.2) is 0 Å². The summed E-state index contributed by atoms with van der Waals surface area (Å²) in [4.78, 5) is 4.49. The first-order valence-electron chi connectivity index (χ1n) is 4.02. The summed E-state index contributed by atoms with van der Waals surface area (Å²) in [5, 5.41) is 0.655. The van der Waals surface area contributed by atoms with Crippen LogP contribution in [0.4, 0.5) is 0 Å². The Bertz CT molecular complexity index is 320. The number of halogens is 2. The maximum Gasteiger partial charge on any atom is 0.134 e. The molecule has 1 rings (SSSR count). The lowest BCUT2D eigenvalue weighted by Crippen LogP contribution is -2.04. The molecule has 78 valence electrons. The first kappa shape index (κ1) is 11.8. The van der Waals surface area contributed by atoms with Gasteiger partial charge in [-0.25, -0.2) is 5.90 Å². The Kier molecular flexibility index (Phi) is 4.68. The second-order valence-corrected chi connectivity index (χ2v) is 3.96. The van der Waals surface area contributed by atoms with Gasteiger partial charge in [0.25, 0.3) is 0 Å². The summed E-state index contributed by atoms with van der Waals surface area (Å²) in [6.07, 6.45) is 0.678. The number of methoxy groups -OCH3 is 1. The number of hydrogen-bond donors (Lipinski definition) is 1. The molecule has 0 spiro atoms. The first-order valence-corrected chi connectivity index (χ1v) is 5.19. The molecule has 0 unspecified atom stereocenters. The van der Waals surface area contributed by atoms with Crippen LogP contribution in [0.2, 0.25) is 5.02 Å². The van der Waals surface area contributed by atoms with Gasteiger partial charge < -0.3 is 9.57 Å². The fraction of sp³-hybridized carbons (Fsp3) is 0.333. The maximum absolute atomic E-state index is 6.02. The molecule has 5 heteroatoms. The second kappa shape index (κ2) is 5.56. The van der Waals surface area contributed by atoms with Crippen LogP contribution in [0, 0.1) is 0 Å². The molecule has 0 saturated carbocycles. The fourth-order valence-corrected chi connectivity index (χ4v) is 1.89. The van der Waals surface area contributed by atoms with E-state index in [0.29, 0.717) is 23.8 Å². The Morgan fingerprint density at radius 1 is 1.50 bits per heavy atom. The number of rotatable bonds is 4. The van der Waals surface area contributed by atoms with Gasteiger partial charge in [0, 0.05) is 11.1 Å². The molecular weight excluding hydrogens is 269 g/mol. The average molecular weight is 281 g/mol. The van der Waals surface area contributed by atoms with Crippen LogP contribution in [-0.4, -0.2) is 13.7 Å². The number of ether oxygens (including phenoxy) is 1. The lowest BCUT2D eigenvalue weighted by Gasteiger charge is -2.08. The van der Waals surface area contributed by atoms with Crippen LogP contribution in [0.25, 0.3) is 0 Å². The van der Waals surface area contributed by atoms with Crippen LogP contribution in [0.3, 0.4) is 0 Å². The van der Waals surface area contributed by atoms with Gasteiger partial charge in [0.1, 0.15) is 5.75 Å². The standard InChI is InChI=1S/C9H11BrClNO2/c1-13-9-5-8(11)6(2-3-14-12)4-7(9)10/h4-5H,2-3,12H2,1H3. The van der Waals surface area contributed by atoms with E-state index in [2.05, 4.69) is 20.8 Å². The van der Waals surface area contributed by atoms with Crippen molar-refractivity contribution in [3.63, 3.8) is 0 Å². The van der Waals surface area contributed by atoms with E-state index in [9.17, 15) is 0 Å². The molecular formula is C9H11BrClNO2. The van der Waals surface area contributed by atoms with Gasteiger partial charge in [-0.2, -0.15) is 0 Å². The summed E-state index contributed by atoms with van der Waals surface area (Å²) in [5.74, 6) is 5.66. The zero-order valence-electron chi connectivity index (χ0n) is 7.72. The summed E-state index contributed by atoms with van der Waals surface area (Å²) in [6, 6.07) is 3.66. The molecule has 0 saturated heterocycles. The molecule has 0 aliphatic carbocycles. The third kappa shape index (κ3) is 2.85. The van der Waals surface area contributed by atoms with Crippen molar-refractivity contribution in [3.8, 4) is 5.75 Å². The normalized spacial score (nSPS) is 10.3. The van der Waals surface area contributed by atoms with Crippen molar-refractivity contribution in [2.45, 2.75) is 6.42 Å². The van der Waals surface area contributed by atoms with Crippen molar-refractivity contribution >= 4 is 27.5 Å². The zero-order valence-corrected chi connectivity index (χ0v) is 10.1. The summed E-state index contributed by atoms with van der Waals surface area (Å²) in [6.45, 7) is 0.443. The lowest BCUT2D eigenvalue weighted by atomic mass is 10.1. The van der Waals surface area contributed by atoms with Crippen LogP contribution in [0.15, 0.2) is 16.6 Å². The monoisotopic (exact) mass is 279 g/mol. The Labute approximate surface area is 96.2 Å². The quantitative estimate of drug-likeness (QED) is 0.862. The minimum atomic E-state index is 0.443. The van der Waals surface area contributed by atoms with Gasteiger partial charge in [-0.3, -0.25) is 0 Å². The van der Waals surface area contributed by atoms with Crippen LogP contribution in [-0.2, 0) is 11.3 Å². The van der Waals surface area contributed by atoms with E-state index in [1.165, 1.54) is 0 Å². The number of hydrogen-bond acceptors (Lipinski definition) is 3. The number of nitrogens with two attached hydrogens (primary N) is 1. The largest absolute Gasteiger partial charge is 0.496 e. The Hall–Kier alpha value is -0.290. The molecule has 0 bridgehead atoms. The van der Waals surface area contributed by atoms with E-state index in [1.54, 1.807) is 13.2 Å². The highest BCUT2D eigenvalue weighted by molar-refractivity contribution is 9.10. The Morgan fingerprint density at radius 3 is 2.79 bits per heavy atom. The summed E-state index contributed by atoms with van der Waals surface area (Å²) in [7, 11) is 1.60. The smallest absolute Gasteiger partial charge is 0.134 e. The highest BCUT2D eigenvalue weighted by atomic mass is 79.9. The van der Waals surface area contributed by atoms with E-state index in [1.807, 2.05) is 6.07 Å². The summed E-state index contributed by atoms with van der Waals surface area (Å²) in [5.41, 5.74) is 0.977. The Balaban J connectivity index is 2.90. The van der Waals surface area contributed by atoms with Crippen LogP contribution < -0.4 is 10.6 Å². The predicted octanol–water partition coefficient (Wildman–Crippen LogP) is 2.54. The molecule has 0 radical (unpaired) electrons. The minimum absolute atomic E-state index is 0.443. The average Bonchev–Trinajstić information content (AvgIpc) is 2.18.